The van der Waals surface area contributed by atoms with Crippen molar-refractivity contribution in [2.75, 3.05) is 4.31 Å². The third-order valence-corrected chi connectivity index (χ3v) is 5.03. The summed E-state index contributed by atoms with van der Waals surface area (Å²) in [5.74, 6) is -1.98. The normalized spacial score (nSPS) is 14.4. The van der Waals surface area contributed by atoms with Gasteiger partial charge in [-0.25, -0.2) is 8.42 Å². The van der Waals surface area contributed by atoms with Crippen molar-refractivity contribution in [3.8, 4) is 0 Å². The molecule has 0 radical (unpaired) electrons. The number of benzene rings is 2. The topological polar surface area (TPSA) is 71.5 Å². The quantitative estimate of drug-likeness (QED) is 0.795. The number of carbonyl (C=O) groups is 2. The van der Waals surface area contributed by atoms with Gasteiger partial charge in [0, 0.05) is 5.02 Å². The van der Waals surface area contributed by atoms with E-state index in [2.05, 4.69) is 0 Å². The minimum atomic E-state index is -4.13. The summed E-state index contributed by atoms with van der Waals surface area (Å²) in [5.41, 5.74) is 0.0188. The fraction of sp³-hybridized carbons (Fsp3) is 0. The minimum absolute atomic E-state index is 0.00740. The van der Waals surface area contributed by atoms with Gasteiger partial charge in [-0.3, -0.25) is 9.59 Å². The number of rotatable bonds is 2. The molecular weight excluding hydrogens is 314 g/mol. The van der Waals surface area contributed by atoms with Crippen molar-refractivity contribution in [2.45, 2.75) is 4.90 Å². The number of hydrogen-bond acceptors (Lipinski definition) is 4. The zero-order valence-corrected chi connectivity index (χ0v) is 12.1. The summed E-state index contributed by atoms with van der Waals surface area (Å²) >= 11 is 5.78. The van der Waals surface area contributed by atoms with Crippen molar-refractivity contribution in [1.82, 2.24) is 0 Å². The highest BCUT2D eigenvalue weighted by atomic mass is 35.5. The number of carbonyl (C=O) groups excluding carboxylic acids is 2. The third-order valence-electron chi connectivity index (χ3n) is 3.08. The number of amides is 1. The third kappa shape index (κ3) is 2.03. The number of Topliss-reactive ketones (excluding diaryl/α,β-unsaturated/α-hetero) is 1. The zero-order chi connectivity index (χ0) is 15.2. The van der Waals surface area contributed by atoms with Crippen molar-refractivity contribution < 1.29 is 18.0 Å². The number of halogens is 1. The Kier molecular flexibility index (Phi) is 3.07. The maximum atomic E-state index is 12.6. The van der Waals surface area contributed by atoms with Gasteiger partial charge in [0.05, 0.1) is 16.1 Å². The molecule has 0 N–H and O–H groups in total. The zero-order valence-electron chi connectivity index (χ0n) is 10.5. The second-order valence-electron chi connectivity index (χ2n) is 4.38. The highest BCUT2D eigenvalue weighted by molar-refractivity contribution is 7.93. The van der Waals surface area contributed by atoms with Crippen molar-refractivity contribution in [2.24, 2.45) is 0 Å². The van der Waals surface area contributed by atoms with Crippen LogP contribution in [0.4, 0.5) is 5.69 Å². The van der Waals surface area contributed by atoms with Gasteiger partial charge in [0.25, 0.3) is 15.8 Å². The van der Waals surface area contributed by atoms with Gasteiger partial charge >= 0.3 is 5.91 Å². The Labute approximate surface area is 125 Å². The monoisotopic (exact) mass is 321 g/mol. The lowest BCUT2D eigenvalue weighted by Crippen LogP contribution is -2.35. The molecular formula is C14H8ClNO4S. The SMILES string of the molecule is O=C1C(=O)N(S(=O)(=O)c2ccccc2)c2ccc(Cl)cc21. The molecule has 1 heterocycles. The number of fused-ring (bicyclic) bond motifs is 1. The highest BCUT2D eigenvalue weighted by Crippen LogP contribution is 2.35. The van der Waals surface area contributed by atoms with Crippen LogP contribution in [0.15, 0.2) is 53.4 Å². The van der Waals surface area contributed by atoms with E-state index in [0.717, 1.165) is 0 Å². The average molecular weight is 322 g/mol. The Bertz CT molecular complexity index is 862. The van der Waals surface area contributed by atoms with Gasteiger partial charge in [0.2, 0.25) is 0 Å². The van der Waals surface area contributed by atoms with E-state index in [-0.39, 0.29) is 21.2 Å². The van der Waals surface area contributed by atoms with Gasteiger partial charge in [0.15, 0.2) is 0 Å². The van der Waals surface area contributed by atoms with Crippen LogP contribution in [-0.4, -0.2) is 20.1 Å². The van der Waals surface area contributed by atoms with Crippen LogP contribution in [0.25, 0.3) is 0 Å². The molecule has 21 heavy (non-hydrogen) atoms. The van der Waals surface area contributed by atoms with Crippen molar-refractivity contribution in [3.05, 3.63) is 59.1 Å². The minimum Gasteiger partial charge on any atom is -0.283 e. The first-order valence-corrected chi connectivity index (χ1v) is 7.73. The van der Waals surface area contributed by atoms with Crippen LogP contribution in [0.3, 0.4) is 0 Å². The Morgan fingerprint density at radius 3 is 2.29 bits per heavy atom. The number of ketones is 1. The van der Waals surface area contributed by atoms with E-state index < -0.39 is 21.7 Å². The van der Waals surface area contributed by atoms with Crippen molar-refractivity contribution in [3.63, 3.8) is 0 Å². The smallest absolute Gasteiger partial charge is 0.283 e. The highest BCUT2D eigenvalue weighted by Gasteiger charge is 2.43. The average Bonchev–Trinajstić information content (AvgIpc) is 2.72. The molecule has 2 aromatic carbocycles. The first kappa shape index (κ1) is 13.8. The van der Waals surface area contributed by atoms with E-state index in [1.165, 1.54) is 42.5 Å². The van der Waals surface area contributed by atoms with E-state index in [1.54, 1.807) is 6.07 Å². The van der Waals surface area contributed by atoms with Gasteiger partial charge in [-0.15, -0.1) is 0 Å². The van der Waals surface area contributed by atoms with Gasteiger partial charge < -0.3 is 0 Å². The van der Waals surface area contributed by atoms with E-state index >= 15 is 0 Å². The summed E-state index contributed by atoms with van der Waals surface area (Å²) in [7, 11) is -4.13. The maximum Gasteiger partial charge on any atom is 0.313 e. The van der Waals surface area contributed by atoms with Crippen molar-refractivity contribution in [1.29, 1.82) is 0 Å². The second kappa shape index (κ2) is 4.68. The van der Waals surface area contributed by atoms with Crippen LogP contribution in [0.1, 0.15) is 10.4 Å². The molecule has 1 aliphatic rings. The number of sulfonamides is 1. The summed E-state index contributed by atoms with van der Waals surface area (Å²) in [6, 6.07) is 11.5. The molecule has 0 spiro atoms. The molecule has 0 aromatic heterocycles. The van der Waals surface area contributed by atoms with Crippen LogP contribution < -0.4 is 4.31 Å². The lowest BCUT2D eigenvalue weighted by molar-refractivity contribution is -0.113. The summed E-state index contributed by atoms with van der Waals surface area (Å²) in [4.78, 5) is 23.9. The molecule has 0 aliphatic carbocycles. The van der Waals surface area contributed by atoms with Gasteiger partial charge in [0.1, 0.15) is 0 Å². The predicted molar refractivity (Wildman–Crippen MR) is 76.9 cm³/mol. The Morgan fingerprint density at radius 2 is 1.62 bits per heavy atom. The molecule has 1 amide bonds. The fourth-order valence-electron chi connectivity index (χ4n) is 2.12. The standard InChI is InChI=1S/C14H8ClNO4S/c15-9-6-7-12-11(8-9)13(17)14(18)16(12)21(19,20)10-4-2-1-3-5-10/h1-8H. The Balaban J connectivity index is 2.21. The van der Waals surface area contributed by atoms with Crippen LogP contribution >= 0.6 is 11.6 Å². The molecule has 0 saturated heterocycles. The molecule has 0 bridgehead atoms. The number of anilines is 1. The van der Waals surface area contributed by atoms with E-state index in [9.17, 15) is 18.0 Å². The molecule has 0 unspecified atom stereocenters. The summed E-state index contributed by atoms with van der Waals surface area (Å²) in [6.45, 7) is 0. The van der Waals surface area contributed by atoms with Gasteiger partial charge in [-0.1, -0.05) is 29.8 Å². The Hall–Kier alpha value is -2.18. The predicted octanol–water partition coefficient (Wildman–Crippen LogP) is 2.26. The number of hydrogen-bond donors (Lipinski definition) is 0. The van der Waals surface area contributed by atoms with Crippen LogP contribution in [-0.2, 0) is 14.8 Å². The molecule has 3 rings (SSSR count). The molecule has 0 fully saturated rings. The van der Waals surface area contributed by atoms with Gasteiger partial charge in [-0.05, 0) is 30.3 Å². The second-order valence-corrected chi connectivity index (χ2v) is 6.60. The molecule has 5 nitrogen and oxygen atoms in total. The van der Waals surface area contributed by atoms with E-state index in [0.29, 0.717) is 4.31 Å². The fourth-order valence-corrected chi connectivity index (χ4v) is 3.72. The first-order chi connectivity index (χ1) is 9.93. The molecule has 2 aromatic rings. The molecule has 106 valence electrons. The Morgan fingerprint density at radius 1 is 0.952 bits per heavy atom. The maximum absolute atomic E-state index is 12.6. The van der Waals surface area contributed by atoms with Gasteiger partial charge in [-0.2, -0.15) is 4.31 Å². The molecule has 0 saturated carbocycles. The van der Waals surface area contributed by atoms with Crippen LogP contribution in [0, 0.1) is 0 Å². The van der Waals surface area contributed by atoms with Crippen molar-refractivity contribution >= 4 is 39.0 Å². The first-order valence-electron chi connectivity index (χ1n) is 5.91. The number of nitrogens with zero attached hydrogens (tertiary/aromatic N) is 1. The lowest BCUT2D eigenvalue weighted by atomic mass is 10.1. The molecule has 1 aliphatic heterocycles. The van der Waals surface area contributed by atoms with E-state index in [4.69, 9.17) is 11.6 Å². The lowest BCUT2D eigenvalue weighted by Gasteiger charge is -2.16. The van der Waals surface area contributed by atoms with Crippen LogP contribution in [0.5, 0.6) is 0 Å². The largest absolute Gasteiger partial charge is 0.313 e. The van der Waals surface area contributed by atoms with Crippen LogP contribution in [0.2, 0.25) is 5.02 Å². The summed E-state index contributed by atoms with van der Waals surface area (Å²) < 4.78 is 25.6. The van der Waals surface area contributed by atoms with E-state index in [1.807, 2.05) is 0 Å². The summed E-state index contributed by atoms with van der Waals surface area (Å²) in [6.07, 6.45) is 0. The molecule has 0 atom stereocenters. The molecule has 7 heteroatoms. The summed E-state index contributed by atoms with van der Waals surface area (Å²) in [5, 5.41) is 0.258.